The van der Waals surface area contributed by atoms with Gasteiger partial charge in [0.2, 0.25) is 0 Å². The number of benzene rings is 2. The van der Waals surface area contributed by atoms with E-state index in [4.69, 9.17) is 9.47 Å². The van der Waals surface area contributed by atoms with Gasteiger partial charge in [0, 0.05) is 0 Å². The Kier molecular flexibility index (Phi) is 5.40. The molecule has 9 heteroatoms. The summed E-state index contributed by atoms with van der Waals surface area (Å²) in [5.74, 6) is 0.417. The second-order valence-electron chi connectivity index (χ2n) is 6.96. The van der Waals surface area contributed by atoms with E-state index in [0.717, 1.165) is 21.5 Å². The van der Waals surface area contributed by atoms with Crippen molar-refractivity contribution in [2.75, 3.05) is 19.1 Å². The lowest BCUT2D eigenvalue weighted by molar-refractivity contribution is -0.119. The number of hydrogen-bond acceptors (Lipinski definition) is 6. The van der Waals surface area contributed by atoms with Gasteiger partial charge in [0.05, 0.1) is 19.0 Å². The number of aryl methyl sites for hydroxylation is 2. The molecule has 0 fully saturated rings. The van der Waals surface area contributed by atoms with E-state index in [9.17, 15) is 9.59 Å². The highest BCUT2D eigenvalue weighted by atomic mass is 16.5. The van der Waals surface area contributed by atoms with Crippen LogP contribution in [0.15, 0.2) is 59.8 Å². The lowest BCUT2D eigenvalue weighted by Crippen LogP contribution is -2.35. The first-order chi connectivity index (χ1) is 15.0. The molecule has 0 aliphatic rings. The Morgan fingerprint density at radius 2 is 1.87 bits per heavy atom. The molecule has 0 saturated heterocycles. The summed E-state index contributed by atoms with van der Waals surface area (Å²) in [6, 6.07) is 12.9. The van der Waals surface area contributed by atoms with Crippen molar-refractivity contribution in [3.8, 4) is 17.2 Å². The molecule has 1 amide bonds. The fourth-order valence-electron chi connectivity index (χ4n) is 3.09. The van der Waals surface area contributed by atoms with Gasteiger partial charge in [-0.25, -0.2) is 14.3 Å². The zero-order chi connectivity index (χ0) is 22.0. The standard InChI is InChI=1S/C22H21N5O4/c1-14-8-9-16(10-15(14)2)27-21-17(11-24-27)22(29)26(13-23-21)25-20(28)12-31-19-7-5-4-6-18(19)30-3/h4-11,13H,12H2,1-3H3,(H,25,28). The Morgan fingerprint density at radius 1 is 1.10 bits per heavy atom. The van der Waals surface area contributed by atoms with Crippen molar-refractivity contribution in [1.29, 1.82) is 0 Å². The molecule has 4 rings (SSSR count). The summed E-state index contributed by atoms with van der Waals surface area (Å²) in [4.78, 5) is 29.4. The molecule has 0 unspecified atom stereocenters. The fraction of sp³-hybridized carbons (Fsp3) is 0.182. The zero-order valence-electron chi connectivity index (χ0n) is 17.3. The van der Waals surface area contributed by atoms with Crippen LogP contribution in [0.3, 0.4) is 0 Å². The largest absolute Gasteiger partial charge is 0.493 e. The topological polar surface area (TPSA) is 100 Å². The number of nitrogens with one attached hydrogen (secondary N) is 1. The van der Waals surface area contributed by atoms with E-state index in [0.29, 0.717) is 17.1 Å². The molecule has 2 heterocycles. The summed E-state index contributed by atoms with van der Waals surface area (Å²) in [7, 11) is 1.51. The van der Waals surface area contributed by atoms with E-state index in [1.54, 1.807) is 28.9 Å². The molecule has 9 nitrogen and oxygen atoms in total. The van der Waals surface area contributed by atoms with Gasteiger partial charge in [-0.1, -0.05) is 18.2 Å². The highest BCUT2D eigenvalue weighted by Crippen LogP contribution is 2.25. The van der Waals surface area contributed by atoms with Gasteiger partial charge in [-0.2, -0.15) is 5.10 Å². The van der Waals surface area contributed by atoms with Crippen molar-refractivity contribution in [3.05, 3.63) is 76.5 Å². The molecule has 4 aromatic rings. The summed E-state index contributed by atoms with van der Waals surface area (Å²) >= 11 is 0. The summed E-state index contributed by atoms with van der Waals surface area (Å²) in [6.45, 7) is 3.73. The van der Waals surface area contributed by atoms with Crippen LogP contribution in [0.2, 0.25) is 0 Å². The van der Waals surface area contributed by atoms with Gasteiger partial charge in [0.1, 0.15) is 11.7 Å². The molecule has 0 saturated carbocycles. The van der Waals surface area contributed by atoms with Crippen LogP contribution in [0.25, 0.3) is 16.7 Å². The SMILES string of the molecule is COc1ccccc1OCC(=O)Nn1cnc2c(cnn2-c2ccc(C)c(C)c2)c1=O. The maximum absolute atomic E-state index is 12.8. The third-order valence-electron chi connectivity index (χ3n) is 4.90. The zero-order valence-corrected chi connectivity index (χ0v) is 17.3. The average molecular weight is 419 g/mol. The van der Waals surface area contributed by atoms with Crippen molar-refractivity contribution >= 4 is 16.9 Å². The van der Waals surface area contributed by atoms with Gasteiger partial charge in [0.25, 0.3) is 11.5 Å². The third-order valence-corrected chi connectivity index (χ3v) is 4.90. The minimum Gasteiger partial charge on any atom is -0.493 e. The molecule has 0 radical (unpaired) electrons. The van der Waals surface area contributed by atoms with Crippen LogP contribution < -0.4 is 20.5 Å². The minimum atomic E-state index is -0.518. The third kappa shape index (κ3) is 3.97. The number of methoxy groups -OCH3 is 1. The van der Waals surface area contributed by atoms with E-state index in [1.165, 1.54) is 19.6 Å². The molecule has 0 atom stereocenters. The number of carbonyl (C=O) groups excluding carboxylic acids is 1. The van der Waals surface area contributed by atoms with Crippen molar-refractivity contribution in [3.63, 3.8) is 0 Å². The average Bonchev–Trinajstić information content (AvgIpc) is 3.21. The molecular formula is C22H21N5O4. The van der Waals surface area contributed by atoms with Crippen LogP contribution in [0.1, 0.15) is 11.1 Å². The number of carbonyl (C=O) groups is 1. The number of rotatable bonds is 6. The smallest absolute Gasteiger partial charge is 0.283 e. The van der Waals surface area contributed by atoms with Gasteiger partial charge in [0.15, 0.2) is 23.8 Å². The van der Waals surface area contributed by atoms with Crippen LogP contribution in [0.5, 0.6) is 11.5 Å². The normalized spacial score (nSPS) is 10.8. The highest BCUT2D eigenvalue weighted by Gasteiger charge is 2.14. The second-order valence-corrected chi connectivity index (χ2v) is 6.96. The van der Waals surface area contributed by atoms with Crippen LogP contribution in [0.4, 0.5) is 0 Å². The Morgan fingerprint density at radius 3 is 2.61 bits per heavy atom. The van der Waals surface area contributed by atoms with E-state index in [-0.39, 0.29) is 12.0 Å². The predicted octanol–water partition coefficient (Wildman–Crippen LogP) is 2.36. The van der Waals surface area contributed by atoms with E-state index in [2.05, 4.69) is 15.5 Å². The van der Waals surface area contributed by atoms with Crippen LogP contribution in [-0.2, 0) is 4.79 Å². The minimum absolute atomic E-state index is 0.284. The molecule has 2 aromatic carbocycles. The van der Waals surface area contributed by atoms with Crippen molar-refractivity contribution in [2.45, 2.75) is 13.8 Å². The molecule has 1 N–H and O–H groups in total. The summed E-state index contributed by atoms with van der Waals surface area (Å²) in [5.41, 5.74) is 5.51. The Bertz CT molecular complexity index is 1330. The Balaban J connectivity index is 1.54. The lowest BCUT2D eigenvalue weighted by Gasteiger charge is -2.11. The van der Waals surface area contributed by atoms with E-state index in [1.807, 2.05) is 32.0 Å². The van der Waals surface area contributed by atoms with Gasteiger partial charge in [-0.15, -0.1) is 0 Å². The van der Waals surface area contributed by atoms with E-state index < -0.39 is 11.5 Å². The molecule has 0 bridgehead atoms. The van der Waals surface area contributed by atoms with Crippen molar-refractivity contribution in [1.82, 2.24) is 19.4 Å². The Hall–Kier alpha value is -4.14. The maximum Gasteiger partial charge on any atom is 0.283 e. The van der Waals surface area contributed by atoms with Gasteiger partial charge >= 0.3 is 0 Å². The molecule has 31 heavy (non-hydrogen) atoms. The summed E-state index contributed by atoms with van der Waals surface area (Å²) < 4.78 is 13.3. The maximum atomic E-state index is 12.8. The monoisotopic (exact) mass is 419 g/mol. The molecule has 158 valence electrons. The first-order valence-corrected chi connectivity index (χ1v) is 9.56. The van der Waals surface area contributed by atoms with Crippen molar-refractivity contribution in [2.24, 2.45) is 0 Å². The second kappa shape index (κ2) is 8.31. The van der Waals surface area contributed by atoms with E-state index >= 15 is 0 Å². The summed E-state index contributed by atoms with van der Waals surface area (Å²) in [6.07, 6.45) is 2.69. The highest BCUT2D eigenvalue weighted by molar-refractivity contribution is 5.85. The van der Waals surface area contributed by atoms with Gasteiger partial charge in [-0.05, 0) is 49.2 Å². The first-order valence-electron chi connectivity index (χ1n) is 9.56. The van der Waals surface area contributed by atoms with Crippen molar-refractivity contribution < 1.29 is 14.3 Å². The number of ether oxygens (including phenoxy) is 2. The number of fused-ring (bicyclic) bond motifs is 1. The summed E-state index contributed by atoms with van der Waals surface area (Å²) in [5, 5.41) is 4.59. The predicted molar refractivity (Wildman–Crippen MR) is 115 cm³/mol. The lowest BCUT2D eigenvalue weighted by atomic mass is 10.1. The number of hydrogen-bond donors (Lipinski definition) is 1. The quantitative estimate of drug-likeness (QED) is 0.515. The molecule has 0 aliphatic heterocycles. The molecular weight excluding hydrogens is 398 g/mol. The first kappa shape index (κ1) is 20.1. The number of amides is 1. The Labute approximate surface area is 177 Å². The number of nitrogens with zero attached hydrogens (tertiary/aromatic N) is 4. The number of para-hydroxylation sites is 2. The number of aromatic nitrogens is 4. The molecule has 2 aromatic heterocycles. The molecule has 0 spiro atoms. The van der Waals surface area contributed by atoms with Crippen LogP contribution in [-0.4, -0.2) is 39.1 Å². The fourth-order valence-corrected chi connectivity index (χ4v) is 3.09. The van der Waals surface area contributed by atoms with Gasteiger partial charge < -0.3 is 9.47 Å². The van der Waals surface area contributed by atoms with Crippen LogP contribution >= 0.6 is 0 Å². The molecule has 0 aliphatic carbocycles. The van der Waals surface area contributed by atoms with Gasteiger partial charge in [-0.3, -0.25) is 15.0 Å². The van der Waals surface area contributed by atoms with Crippen LogP contribution in [0, 0.1) is 13.8 Å².